The quantitative estimate of drug-likeness (QED) is 0.793. The number of rotatable bonds is 3. The first kappa shape index (κ1) is 12.7. The molecule has 4 nitrogen and oxygen atoms in total. The summed E-state index contributed by atoms with van der Waals surface area (Å²) in [6, 6.07) is 0. The van der Waals surface area contributed by atoms with E-state index in [4.69, 9.17) is 5.11 Å². The molecule has 104 valence electrons. The second-order valence-electron chi connectivity index (χ2n) is 6.31. The molecule has 3 rings (SSSR count). The predicted octanol–water partition coefficient (Wildman–Crippen LogP) is 2.06. The van der Waals surface area contributed by atoms with Gasteiger partial charge >= 0.3 is 5.97 Å². The number of carboxylic acid groups (broad SMARTS) is 1. The maximum Gasteiger partial charge on any atom is 0.307 e. The molecule has 0 aromatic carbocycles. The number of hydrogen-bond acceptors (Lipinski definition) is 2. The van der Waals surface area contributed by atoms with Crippen molar-refractivity contribution in [1.29, 1.82) is 0 Å². The van der Waals surface area contributed by atoms with E-state index in [9.17, 15) is 9.59 Å². The average Bonchev–Trinajstić information content (AvgIpc) is 2.84. The molecule has 1 amide bonds. The van der Waals surface area contributed by atoms with E-state index in [1.807, 2.05) is 4.90 Å². The van der Waals surface area contributed by atoms with E-state index in [0.717, 1.165) is 45.2 Å². The van der Waals surface area contributed by atoms with Crippen molar-refractivity contribution in [2.24, 2.45) is 17.3 Å². The lowest BCUT2D eigenvalue weighted by Gasteiger charge is -2.33. The van der Waals surface area contributed by atoms with Crippen molar-refractivity contribution >= 4 is 11.9 Å². The summed E-state index contributed by atoms with van der Waals surface area (Å²) in [4.78, 5) is 25.1. The molecule has 1 saturated heterocycles. The van der Waals surface area contributed by atoms with E-state index < -0.39 is 5.97 Å². The van der Waals surface area contributed by atoms with E-state index in [-0.39, 0.29) is 17.2 Å². The van der Waals surface area contributed by atoms with E-state index in [0.29, 0.717) is 12.3 Å². The van der Waals surface area contributed by atoms with Crippen LogP contribution in [-0.2, 0) is 9.59 Å². The molecule has 2 atom stereocenters. The molecule has 1 N–H and O–H groups in total. The van der Waals surface area contributed by atoms with Crippen molar-refractivity contribution in [1.82, 2.24) is 4.90 Å². The maximum atomic E-state index is 12.2. The Balaban J connectivity index is 1.49. The third-order valence-electron chi connectivity index (χ3n) is 5.15. The first-order valence-corrected chi connectivity index (χ1v) is 7.28. The number of hydrogen-bond donors (Lipinski definition) is 1. The molecular weight excluding hydrogens is 242 g/mol. The Kier molecular flexibility index (Phi) is 3.11. The van der Waals surface area contributed by atoms with Gasteiger partial charge in [0.1, 0.15) is 0 Å². The van der Waals surface area contributed by atoms with Crippen LogP contribution < -0.4 is 0 Å². The molecule has 0 bridgehead atoms. The number of aliphatic carboxylic acids is 1. The monoisotopic (exact) mass is 263 g/mol. The van der Waals surface area contributed by atoms with Gasteiger partial charge in [0.25, 0.3) is 0 Å². The average molecular weight is 263 g/mol. The standard InChI is InChI=1S/C15H21NO3/c17-13(9-11-3-1-2-4-11)16-7-5-15(6-8-16)10-12(15)14(18)19/h1,3,11-12H,2,4-10H2,(H,18,19)/t11-,12-/m1/s1. The van der Waals surface area contributed by atoms with E-state index >= 15 is 0 Å². The minimum Gasteiger partial charge on any atom is -0.481 e. The largest absolute Gasteiger partial charge is 0.481 e. The zero-order valence-corrected chi connectivity index (χ0v) is 11.2. The number of carbonyl (C=O) groups is 2. The maximum absolute atomic E-state index is 12.2. The zero-order valence-electron chi connectivity index (χ0n) is 11.2. The van der Waals surface area contributed by atoms with Gasteiger partial charge in [0, 0.05) is 19.5 Å². The molecule has 0 aromatic rings. The van der Waals surface area contributed by atoms with Gasteiger partial charge < -0.3 is 10.0 Å². The molecule has 1 saturated carbocycles. The number of piperidine rings is 1. The Morgan fingerprint density at radius 1 is 1.32 bits per heavy atom. The SMILES string of the molecule is O=C(O)[C@H]1CC12CCN(C(=O)C[C@@H]1C=CCC1)CC2. The normalized spacial score (nSPS) is 31.7. The number of nitrogens with zero attached hydrogens (tertiary/aromatic N) is 1. The summed E-state index contributed by atoms with van der Waals surface area (Å²) in [5, 5.41) is 9.05. The van der Waals surface area contributed by atoms with Gasteiger partial charge in [-0.05, 0) is 43.4 Å². The summed E-state index contributed by atoms with van der Waals surface area (Å²) in [5.74, 6) is -0.131. The van der Waals surface area contributed by atoms with Crippen LogP contribution in [0, 0.1) is 17.3 Å². The van der Waals surface area contributed by atoms with Gasteiger partial charge in [-0.1, -0.05) is 12.2 Å². The Labute approximate surface area is 113 Å². The molecule has 3 aliphatic rings. The molecule has 2 fully saturated rings. The van der Waals surface area contributed by atoms with Crippen molar-refractivity contribution in [3.8, 4) is 0 Å². The van der Waals surface area contributed by atoms with Crippen LogP contribution >= 0.6 is 0 Å². The van der Waals surface area contributed by atoms with Crippen LogP contribution in [-0.4, -0.2) is 35.0 Å². The highest BCUT2D eigenvalue weighted by Crippen LogP contribution is 2.59. The smallest absolute Gasteiger partial charge is 0.307 e. The third kappa shape index (κ3) is 2.40. The number of allylic oxidation sites excluding steroid dienone is 2. The number of carboxylic acids is 1. The minimum absolute atomic E-state index is 0.0237. The van der Waals surface area contributed by atoms with Crippen LogP contribution in [0.2, 0.25) is 0 Å². The second kappa shape index (κ2) is 4.66. The molecule has 4 heteroatoms. The molecule has 0 radical (unpaired) electrons. The summed E-state index contributed by atoms with van der Waals surface area (Å²) in [5.41, 5.74) is 0.0237. The molecule has 1 aliphatic heterocycles. The van der Waals surface area contributed by atoms with Crippen molar-refractivity contribution in [3.05, 3.63) is 12.2 Å². The van der Waals surface area contributed by atoms with Gasteiger partial charge in [-0.15, -0.1) is 0 Å². The first-order valence-electron chi connectivity index (χ1n) is 7.28. The lowest BCUT2D eigenvalue weighted by atomic mass is 9.90. The summed E-state index contributed by atoms with van der Waals surface area (Å²) < 4.78 is 0. The molecular formula is C15H21NO3. The van der Waals surface area contributed by atoms with Crippen LogP contribution in [0.5, 0.6) is 0 Å². The fraction of sp³-hybridized carbons (Fsp3) is 0.733. The highest BCUT2D eigenvalue weighted by atomic mass is 16.4. The summed E-state index contributed by atoms with van der Waals surface area (Å²) in [7, 11) is 0. The topological polar surface area (TPSA) is 57.6 Å². The van der Waals surface area contributed by atoms with Gasteiger partial charge in [0.15, 0.2) is 0 Å². The Hall–Kier alpha value is -1.32. The second-order valence-corrected chi connectivity index (χ2v) is 6.31. The summed E-state index contributed by atoms with van der Waals surface area (Å²) in [6.45, 7) is 1.50. The molecule has 2 aliphatic carbocycles. The number of amides is 1. The van der Waals surface area contributed by atoms with Crippen LogP contribution in [0.3, 0.4) is 0 Å². The zero-order chi connectivity index (χ0) is 13.5. The molecule has 1 spiro atoms. The fourth-order valence-corrected chi connectivity index (χ4v) is 3.67. The number of likely N-dealkylation sites (tertiary alicyclic amines) is 1. The molecule has 0 unspecified atom stereocenters. The lowest BCUT2D eigenvalue weighted by molar-refractivity contribution is -0.139. The highest BCUT2D eigenvalue weighted by molar-refractivity contribution is 5.77. The fourth-order valence-electron chi connectivity index (χ4n) is 3.67. The summed E-state index contributed by atoms with van der Waals surface area (Å²) in [6.07, 6.45) is 9.70. The van der Waals surface area contributed by atoms with Crippen molar-refractivity contribution in [3.63, 3.8) is 0 Å². The van der Waals surface area contributed by atoms with Crippen molar-refractivity contribution in [2.75, 3.05) is 13.1 Å². The van der Waals surface area contributed by atoms with Gasteiger partial charge in [-0.3, -0.25) is 9.59 Å². The minimum atomic E-state index is -0.657. The van der Waals surface area contributed by atoms with Crippen LogP contribution in [0.15, 0.2) is 12.2 Å². The van der Waals surface area contributed by atoms with E-state index in [1.54, 1.807) is 0 Å². The lowest BCUT2D eigenvalue weighted by Crippen LogP contribution is -2.40. The van der Waals surface area contributed by atoms with Crippen LogP contribution in [0.4, 0.5) is 0 Å². The van der Waals surface area contributed by atoms with E-state index in [1.165, 1.54) is 0 Å². The van der Waals surface area contributed by atoms with E-state index in [2.05, 4.69) is 12.2 Å². The van der Waals surface area contributed by atoms with Crippen LogP contribution in [0.25, 0.3) is 0 Å². The number of carbonyl (C=O) groups excluding carboxylic acids is 1. The van der Waals surface area contributed by atoms with Gasteiger partial charge in [-0.25, -0.2) is 0 Å². The van der Waals surface area contributed by atoms with Gasteiger partial charge in [0.05, 0.1) is 5.92 Å². The van der Waals surface area contributed by atoms with Gasteiger partial charge in [0.2, 0.25) is 5.91 Å². The summed E-state index contributed by atoms with van der Waals surface area (Å²) >= 11 is 0. The van der Waals surface area contributed by atoms with Gasteiger partial charge in [-0.2, -0.15) is 0 Å². The van der Waals surface area contributed by atoms with Crippen molar-refractivity contribution < 1.29 is 14.7 Å². The molecule has 0 aromatic heterocycles. The third-order valence-corrected chi connectivity index (χ3v) is 5.15. The Morgan fingerprint density at radius 3 is 2.58 bits per heavy atom. The predicted molar refractivity (Wildman–Crippen MR) is 70.5 cm³/mol. The first-order chi connectivity index (χ1) is 9.11. The molecule has 19 heavy (non-hydrogen) atoms. The Morgan fingerprint density at radius 2 is 2.05 bits per heavy atom. The Bertz CT molecular complexity index is 421. The highest BCUT2D eigenvalue weighted by Gasteiger charge is 2.59. The van der Waals surface area contributed by atoms with Crippen molar-refractivity contribution in [2.45, 2.75) is 38.5 Å². The van der Waals surface area contributed by atoms with Crippen LogP contribution in [0.1, 0.15) is 38.5 Å². The molecule has 1 heterocycles.